The summed E-state index contributed by atoms with van der Waals surface area (Å²) < 4.78 is 11.4. The SMILES string of the molecule is COc1ccc(/C=C2\SC(=O)N(Cc3ccccc3C)C2=O)cc1OCc1ccccc1Cl. The number of hydrogen-bond acceptors (Lipinski definition) is 5. The number of hydrogen-bond donors (Lipinski definition) is 0. The van der Waals surface area contributed by atoms with Crippen molar-refractivity contribution < 1.29 is 19.1 Å². The van der Waals surface area contributed by atoms with Gasteiger partial charge in [0.1, 0.15) is 6.61 Å². The largest absolute Gasteiger partial charge is 0.493 e. The maximum atomic E-state index is 12.9. The van der Waals surface area contributed by atoms with Crippen LogP contribution < -0.4 is 9.47 Å². The number of carbonyl (C=O) groups is 2. The third-order valence-electron chi connectivity index (χ3n) is 5.29. The van der Waals surface area contributed by atoms with Gasteiger partial charge in [-0.25, -0.2) is 0 Å². The second kappa shape index (κ2) is 10.1. The first-order valence-corrected chi connectivity index (χ1v) is 11.5. The Kier molecular flexibility index (Phi) is 7.06. The topological polar surface area (TPSA) is 55.8 Å². The van der Waals surface area contributed by atoms with E-state index in [9.17, 15) is 9.59 Å². The maximum Gasteiger partial charge on any atom is 0.293 e. The van der Waals surface area contributed by atoms with Gasteiger partial charge >= 0.3 is 0 Å². The molecule has 33 heavy (non-hydrogen) atoms. The van der Waals surface area contributed by atoms with E-state index in [2.05, 4.69) is 0 Å². The van der Waals surface area contributed by atoms with Gasteiger partial charge in [0.15, 0.2) is 11.5 Å². The molecule has 0 N–H and O–H groups in total. The minimum absolute atomic E-state index is 0.253. The van der Waals surface area contributed by atoms with Crippen LogP contribution in [0, 0.1) is 6.92 Å². The van der Waals surface area contributed by atoms with E-state index >= 15 is 0 Å². The van der Waals surface area contributed by atoms with Gasteiger partial charge in [-0.1, -0.05) is 60.1 Å². The fraction of sp³-hybridized carbons (Fsp3) is 0.154. The molecule has 7 heteroatoms. The molecule has 4 rings (SSSR count). The van der Waals surface area contributed by atoms with E-state index in [4.69, 9.17) is 21.1 Å². The minimum atomic E-state index is -0.303. The van der Waals surface area contributed by atoms with Crippen molar-refractivity contribution in [3.8, 4) is 11.5 Å². The van der Waals surface area contributed by atoms with Gasteiger partial charge in [0, 0.05) is 10.6 Å². The van der Waals surface area contributed by atoms with Gasteiger partial charge in [0.25, 0.3) is 11.1 Å². The van der Waals surface area contributed by atoms with Crippen molar-refractivity contribution in [1.29, 1.82) is 0 Å². The van der Waals surface area contributed by atoms with Crippen LogP contribution >= 0.6 is 23.4 Å². The Morgan fingerprint density at radius 1 is 0.970 bits per heavy atom. The van der Waals surface area contributed by atoms with Crippen LogP contribution in [-0.4, -0.2) is 23.2 Å². The van der Waals surface area contributed by atoms with Crippen molar-refractivity contribution in [2.45, 2.75) is 20.1 Å². The predicted octanol–water partition coefficient (Wildman–Crippen LogP) is 6.47. The number of halogens is 1. The predicted molar refractivity (Wildman–Crippen MR) is 131 cm³/mol. The van der Waals surface area contributed by atoms with Crippen LogP contribution in [0.3, 0.4) is 0 Å². The van der Waals surface area contributed by atoms with Crippen LogP contribution in [0.15, 0.2) is 71.6 Å². The summed E-state index contributed by atoms with van der Waals surface area (Å²) in [4.78, 5) is 27.1. The summed E-state index contributed by atoms with van der Waals surface area (Å²) >= 11 is 7.16. The van der Waals surface area contributed by atoms with Crippen molar-refractivity contribution >= 4 is 40.6 Å². The molecular formula is C26H22ClNO4S. The summed E-state index contributed by atoms with van der Waals surface area (Å²) in [6, 6.07) is 20.5. The molecule has 5 nitrogen and oxygen atoms in total. The lowest BCUT2D eigenvalue weighted by molar-refractivity contribution is -0.123. The molecule has 1 heterocycles. The lowest BCUT2D eigenvalue weighted by atomic mass is 10.1. The smallest absolute Gasteiger partial charge is 0.293 e. The lowest BCUT2D eigenvalue weighted by Gasteiger charge is -2.14. The second-order valence-electron chi connectivity index (χ2n) is 7.48. The lowest BCUT2D eigenvalue weighted by Crippen LogP contribution is -2.27. The van der Waals surface area contributed by atoms with Gasteiger partial charge in [-0.05, 0) is 59.7 Å². The van der Waals surface area contributed by atoms with Gasteiger partial charge in [0.05, 0.1) is 18.6 Å². The third-order valence-corrected chi connectivity index (χ3v) is 6.57. The zero-order valence-electron chi connectivity index (χ0n) is 18.2. The second-order valence-corrected chi connectivity index (χ2v) is 8.89. The molecule has 168 valence electrons. The summed E-state index contributed by atoms with van der Waals surface area (Å²) in [6.07, 6.45) is 1.70. The van der Waals surface area contributed by atoms with Gasteiger partial charge in [0.2, 0.25) is 0 Å². The first-order chi connectivity index (χ1) is 16.0. The van der Waals surface area contributed by atoms with Crippen LogP contribution in [0.4, 0.5) is 4.79 Å². The molecule has 0 unspecified atom stereocenters. The van der Waals surface area contributed by atoms with Gasteiger partial charge < -0.3 is 9.47 Å². The van der Waals surface area contributed by atoms with Gasteiger partial charge in [-0.15, -0.1) is 0 Å². The normalized spacial score (nSPS) is 14.8. The molecule has 3 aromatic rings. The van der Waals surface area contributed by atoms with E-state index in [1.807, 2.05) is 55.5 Å². The summed E-state index contributed by atoms with van der Waals surface area (Å²) in [7, 11) is 1.56. The molecule has 0 aliphatic carbocycles. The zero-order valence-corrected chi connectivity index (χ0v) is 19.8. The molecular weight excluding hydrogens is 458 g/mol. The Balaban J connectivity index is 1.54. The average molecular weight is 480 g/mol. The Morgan fingerprint density at radius 3 is 2.42 bits per heavy atom. The van der Waals surface area contributed by atoms with E-state index in [1.54, 1.807) is 31.4 Å². The Bertz CT molecular complexity index is 1240. The van der Waals surface area contributed by atoms with Crippen molar-refractivity contribution in [2.75, 3.05) is 7.11 Å². The molecule has 3 aromatic carbocycles. The van der Waals surface area contributed by atoms with E-state index < -0.39 is 0 Å². The number of benzene rings is 3. The molecule has 1 aliphatic heterocycles. The summed E-state index contributed by atoms with van der Waals surface area (Å²) in [5, 5.41) is 0.341. The van der Waals surface area contributed by atoms with E-state index in [1.165, 1.54) is 4.90 Å². The highest BCUT2D eigenvalue weighted by atomic mass is 35.5. The van der Waals surface area contributed by atoms with Crippen LogP contribution in [0.25, 0.3) is 6.08 Å². The standard InChI is InChI=1S/C26H22ClNO4S/c1-17-7-3-4-8-19(17)15-28-25(29)24(33-26(28)30)14-18-11-12-22(31-2)23(13-18)32-16-20-9-5-6-10-21(20)27/h3-14H,15-16H2,1-2H3/b24-14-. The molecule has 0 aromatic heterocycles. The first-order valence-electron chi connectivity index (χ1n) is 10.3. The number of methoxy groups -OCH3 is 1. The Morgan fingerprint density at radius 2 is 1.70 bits per heavy atom. The number of imide groups is 1. The highest BCUT2D eigenvalue weighted by molar-refractivity contribution is 8.18. The quantitative estimate of drug-likeness (QED) is 0.363. The number of carbonyl (C=O) groups excluding carboxylic acids is 2. The fourth-order valence-electron chi connectivity index (χ4n) is 3.41. The van der Waals surface area contributed by atoms with Crippen LogP contribution in [0.5, 0.6) is 11.5 Å². The first kappa shape index (κ1) is 23.0. The van der Waals surface area contributed by atoms with E-state index in [0.29, 0.717) is 21.4 Å². The monoisotopic (exact) mass is 479 g/mol. The van der Waals surface area contributed by atoms with Gasteiger partial charge in [-0.3, -0.25) is 14.5 Å². The molecule has 0 atom stereocenters. The number of rotatable bonds is 7. The number of thioether (sulfide) groups is 1. The Labute approximate surface area is 202 Å². The summed E-state index contributed by atoms with van der Waals surface area (Å²) in [5.74, 6) is 0.778. The summed E-state index contributed by atoms with van der Waals surface area (Å²) in [6.45, 7) is 2.49. The molecule has 0 spiro atoms. The number of ether oxygens (including phenoxy) is 2. The number of amides is 2. The third kappa shape index (κ3) is 5.24. The molecule has 0 bridgehead atoms. The summed E-state index contributed by atoms with van der Waals surface area (Å²) in [5.41, 5.74) is 3.56. The van der Waals surface area contributed by atoms with Crippen molar-refractivity contribution in [3.63, 3.8) is 0 Å². The fourth-order valence-corrected chi connectivity index (χ4v) is 4.44. The average Bonchev–Trinajstić information content (AvgIpc) is 3.07. The van der Waals surface area contributed by atoms with E-state index in [-0.39, 0.29) is 24.3 Å². The zero-order chi connectivity index (χ0) is 23.4. The maximum absolute atomic E-state index is 12.9. The molecule has 1 saturated heterocycles. The highest BCUT2D eigenvalue weighted by Crippen LogP contribution is 2.36. The van der Waals surface area contributed by atoms with Crippen molar-refractivity contribution in [1.82, 2.24) is 4.90 Å². The van der Waals surface area contributed by atoms with Crippen molar-refractivity contribution in [2.24, 2.45) is 0 Å². The van der Waals surface area contributed by atoms with Crippen LogP contribution in [0.1, 0.15) is 22.3 Å². The minimum Gasteiger partial charge on any atom is -0.493 e. The van der Waals surface area contributed by atoms with Crippen LogP contribution in [-0.2, 0) is 17.9 Å². The molecule has 1 aliphatic rings. The van der Waals surface area contributed by atoms with Crippen LogP contribution in [0.2, 0.25) is 5.02 Å². The molecule has 0 radical (unpaired) electrons. The molecule has 1 fully saturated rings. The highest BCUT2D eigenvalue weighted by Gasteiger charge is 2.35. The van der Waals surface area contributed by atoms with Gasteiger partial charge in [-0.2, -0.15) is 0 Å². The number of aryl methyl sites for hydroxylation is 1. The molecule has 2 amide bonds. The Hall–Kier alpha value is -3.22. The number of nitrogens with zero attached hydrogens (tertiary/aromatic N) is 1. The van der Waals surface area contributed by atoms with Crippen molar-refractivity contribution in [3.05, 3.63) is 98.9 Å². The van der Waals surface area contributed by atoms with E-state index in [0.717, 1.165) is 34.0 Å². The molecule has 0 saturated carbocycles.